The summed E-state index contributed by atoms with van der Waals surface area (Å²) in [6, 6.07) is 10.5. The van der Waals surface area contributed by atoms with E-state index in [1.165, 1.54) is 10.9 Å². The average Bonchev–Trinajstić information content (AvgIpc) is 2.35. The molecule has 90 valence electrons. The molecule has 0 aliphatic rings. The molecule has 2 N–H and O–H groups in total. The van der Waals surface area contributed by atoms with E-state index in [-0.39, 0.29) is 6.61 Å². The first-order chi connectivity index (χ1) is 8.29. The molecule has 2 rings (SSSR count). The summed E-state index contributed by atoms with van der Waals surface area (Å²) in [7, 11) is 0. The Labute approximate surface area is 102 Å². The van der Waals surface area contributed by atoms with E-state index in [1.54, 1.807) is 0 Å². The quantitative estimate of drug-likeness (QED) is 0.772. The zero-order valence-electron chi connectivity index (χ0n) is 10.1. The molecule has 0 radical (unpaired) electrons. The molecule has 0 bridgehead atoms. The fraction of sp³-hybridized carbons (Fsp3) is 0.357. The Balaban J connectivity index is 2.07. The maximum Gasteiger partial charge on any atom is 0.0705 e. The molecule has 1 aromatic heterocycles. The van der Waals surface area contributed by atoms with E-state index in [4.69, 9.17) is 5.11 Å². The van der Waals surface area contributed by atoms with Crippen LogP contribution in [0.15, 0.2) is 30.3 Å². The molecule has 2 aromatic rings. The van der Waals surface area contributed by atoms with Crippen LogP contribution in [0.2, 0.25) is 0 Å². The van der Waals surface area contributed by atoms with Crippen LogP contribution < -0.4 is 5.32 Å². The average molecular weight is 230 g/mol. The Hall–Kier alpha value is -1.45. The topological polar surface area (TPSA) is 45.1 Å². The van der Waals surface area contributed by atoms with E-state index in [2.05, 4.69) is 34.6 Å². The van der Waals surface area contributed by atoms with E-state index in [0.717, 1.165) is 30.7 Å². The monoisotopic (exact) mass is 230 g/mol. The number of nitrogens with one attached hydrogen (secondary N) is 1. The molecular weight excluding hydrogens is 212 g/mol. The van der Waals surface area contributed by atoms with Gasteiger partial charge in [-0.3, -0.25) is 4.98 Å². The van der Waals surface area contributed by atoms with Gasteiger partial charge >= 0.3 is 0 Å². The zero-order valence-corrected chi connectivity index (χ0v) is 10.1. The number of pyridine rings is 1. The lowest BCUT2D eigenvalue weighted by atomic mass is 10.1. The van der Waals surface area contributed by atoms with Gasteiger partial charge in [-0.2, -0.15) is 0 Å². The molecule has 1 heterocycles. The molecule has 0 unspecified atom stereocenters. The Bertz CT molecular complexity index is 497. The third kappa shape index (κ3) is 3.25. The van der Waals surface area contributed by atoms with Gasteiger partial charge in [0.2, 0.25) is 0 Å². The number of aliphatic hydroxyl groups is 1. The minimum Gasteiger partial charge on any atom is -0.396 e. The third-order valence-corrected chi connectivity index (χ3v) is 2.73. The first kappa shape index (κ1) is 12.0. The van der Waals surface area contributed by atoms with Crippen LogP contribution in [0.25, 0.3) is 10.9 Å². The summed E-state index contributed by atoms with van der Waals surface area (Å²) in [5.74, 6) is 0. The number of nitrogens with zero attached hydrogens (tertiary/aromatic N) is 1. The summed E-state index contributed by atoms with van der Waals surface area (Å²) >= 11 is 0. The highest BCUT2D eigenvalue weighted by molar-refractivity contribution is 5.79. The van der Waals surface area contributed by atoms with E-state index < -0.39 is 0 Å². The minimum absolute atomic E-state index is 0.244. The molecule has 0 spiro atoms. The Morgan fingerprint density at radius 3 is 2.94 bits per heavy atom. The first-order valence-electron chi connectivity index (χ1n) is 5.97. The molecule has 0 aliphatic carbocycles. The summed E-state index contributed by atoms with van der Waals surface area (Å²) in [6.45, 7) is 3.93. The van der Waals surface area contributed by atoms with E-state index in [9.17, 15) is 0 Å². The number of aryl methyl sites for hydroxylation is 1. The molecule has 0 saturated heterocycles. The van der Waals surface area contributed by atoms with E-state index in [1.807, 2.05) is 13.0 Å². The second-order valence-corrected chi connectivity index (χ2v) is 4.23. The Kier molecular flexibility index (Phi) is 4.07. The van der Waals surface area contributed by atoms with Crippen molar-refractivity contribution in [2.24, 2.45) is 0 Å². The van der Waals surface area contributed by atoms with Crippen molar-refractivity contribution in [3.63, 3.8) is 0 Å². The van der Waals surface area contributed by atoms with Gasteiger partial charge in [-0.25, -0.2) is 0 Å². The van der Waals surface area contributed by atoms with Crippen LogP contribution in [0, 0.1) is 6.92 Å². The third-order valence-electron chi connectivity index (χ3n) is 2.73. The molecule has 0 amide bonds. The fourth-order valence-corrected chi connectivity index (χ4v) is 1.82. The predicted molar refractivity (Wildman–Crippen MR) is 69.9 cm³/mol. The van der Waals surface area contributed by atoms with Crippen LogP contribution in [0.1, 0.15) is 17.7 Å². The van der Waals surface area contributed by atoms with Gasteiger partial charge in [-0.15, -0.1) is 0 Å². The summed E-state index contributed by atoms with van der Waals surface area (Å²) < 4.78 is 0. The van der Waals surface area contributed by atoms with Crippen molar-refractivity contribution in [2.75, 3.05) is 13.2 Å². The van der Waals surface area contributed by atoms with Crippen LogP contribution in [-0.4, -0.2) is 23.2 Å². The minimum atomic E-state index is 0.244. The number of hydrogen-bond acceptors (Lipinski definition) is 3. The highest BCUT2D eigenvalue weighted by Crippen LogP contribution is 2.14. The normalized spacial score (nSPS) is 10.9. The molecule has 3 heteroatoms. The number of hydrogen-bond donors (Lipinski definition) is 2. The lowest BCUT2D eigenvalue weighted by Crippen LogP contribution is -2.15. The van der Waals surface area contributed by atoms with Crippen LogP contribution in [0.5, 0.6) is 0 Å². The van der Waals surface area contributed by atoms with Crippen molar-refractivity contribution in [2.45, 2.75) is 19.9 Å². The lowest BCUT2D eigenvalue weighted by molar-refractivity contribution is 0.286. The highest BCUT2D eigenvalue weighted by atomic mass is 16.3. The number of fused-ring (bicyclic) bond motifs is 1. The number of aliphatic hydroxyl groups excluding tert-OH is 1. The second-order valence-electron chi connectivity index (χ2n) is 4.23. The van der Waals surface area contributed by atoms with E-state index >= 15 is 0 Å². The van der Waals surface area contributed by atoms with Crippen LogP contribution in [-0.2, 0) is 6.54 Å². The first-order valence-corrected chi connectivity index (χ1v) is 5.97. The fourth-order valence-electron chi connectivity index (χ4n) is 1.82. The van der Waals surface area contributed by atoms with Gasteiger partial charge in [0.15, 0.2) is 0 Å². The van der Waals surface area contributed by atoms with Gasteiger partial charge in [0.25, 0.3) is 0 Å². The molecule has 0 saturated carbocycles. The summed E-state index contributed by atoms with van der Waals surface area (Å²) in [6.07, 6.45) is 0.800. The Morgan fingerprint density at radius 2 is 2.12 bits per heavy atom. The molecule has 1 aromatic carbocycles. The maximum absolute atomic E-state index is 8.68. The number of aromatic nitrogens is 1. The van der Waals surface area contributed by atoms with Crippen molar-refractivity contribution in [1.82, 2.24) is 10.3 Å². The molecule has 0 aliphatic heterocycles. The van der Waals surface area contributed by atoms with Crippen molar-refractivity contribution in [1.29, 1.82) is 0 Å². The summed E-state index contributed by atoms with van der Waals surface area (Å²) in [5.41, 5.74) is 3.34. The van der Waals surface area contributed by atoms with Crippen molar-refractivity contribution >= 4 is 10.9 Å². The van der Waals surface area contributed by atoms with Gasteiger partial charge in [0.1, 0.15) is 0 Å². The number of benzene rings is 1. The summed E-state index contributed by atoms with van der Waals surface area (Å²) in [5, 5.41) is 13.2. The maximum atomic E-state index is 8.68. The Morgan fingerprint density at radius 1 is 1.24 bits per heavy atom. The van der Waals surface area contributed by atoms with Gasteiger partial charge in [-0.05, 0) is 43.7 Å². The summed E-state index contributed by atoms with van der Waals surface area (Å²) in [4.78, 5) is 4.47. The van der Waals surface area contributed by atoms with Crippen molar-refractivity contribution < 1.29 is 5.11 Å². The molecule has 0 fully saturated rings. The van der Waals surface area contributed by atoms with Crippen molar-refractivity contribution in [3.05, 3.63) is 41.6 Å². The van der Waals surface area contributed by atoms with Crippen molar-refractivity contribution in [3.8, 4) is 0 Å². The van der Waals surface area contributed by atoms with Gasteiger partial charge in [0.05, 0.1) is 5.52 Å². The standard InChI is InChI=1S/C14H18N2O/c1-11-3-5-13-9-12(4-6-14(13)16-11)10-15-7-2-8-17/h3-6,9,15,17H,2,7-8,10H2,1H3. The molecular formula is C14H18N2O. The van der Waals surface area contributed by atoms with E-state index in [0.29, 0.717) is 0 Å². The zero-order chi connectivity index (χ0) is 12.1. The molecule has 3 nitrogen and oxygen atoms in total. The molecule has 17 heavy (non-hydrogen) atoms. The SMILES string of the molecule is Cc1ccc2cc(CNCCCO)ccc2n1. The predicted octanol–water partition coefficient (Wildman–Crippen LogP) is 2.02. The number of rotatable bonds is 5. The van der Waals surface area contributed by atoms with Crippen LogP contribution in [0.3, 0.4) is 0 Å². The second kappa shape index (κ2) is 5.75. The van der Waals surface area contributed by atoms with Gasteiger partial charge in [-0.1, -0.05) is 12.1 Å². The lowest BCUT2D eigenvalue weighted by Gasteiger charge is -2.05. The highest BCUT2D eigenvalue weighted by Gasteiger charge is 1.98. The molecule has 0 atom stereocenters. The van der Waals surface area contributed by atoms with Crippen LogP contribution in [0.4, 0.5) is 0 Å². The smallest absolute Gasteiger partial charge is 0.0705 e. The largest absolute Gasteiger partial charge is 0.396 e. The van der Waals surface area contributed by atoms with Gasteiger partial charge < -0.3 is 10.4 Å². The van der Waals surface area contributed by atoms with Gasteiger partial charge in [0, 0.05) is 24.2 Å². The van der Waals surface area contributed by atoms with Crippen LogP contribution >= 0.6 is 0 Å².